The molecule has 0 bridgehead atoms. The van der Waals surface area contributed by atoms with Gasteiger partial charge < -0.3 is 18.6 Å². The standard InChI is InChI=1S/C23H30N2O6/c1-3-29-21(26)7-5-18-16(2)17-4-6-20-19(22(17)31-23(18)27)14-25(15-30-20)9-8-24-10-12-28-13-11-24/h4,6H,3,5,7-15H2,1-2H3. The molecule has 2 aliphatic rings. The molecular weight excluding hydrogens is 400 g/mol. The number of esters is 1. The third-order valence-electron chi connectivity index (χ3n) is 6.02. The van der Waals surface area contributed by atoms with Crippen LogP contribution in [-0.2, 0) is 27.2 Å². The monoisotopic (exact) mass is 430 g/mol. The van der Waals surface area contributed by atoms with Gasteiger partial charge in [0.15, 0.2) is 0 Å². The van der Waals surface area contributed by atoms with Crippen molar-refractivity contribution < 1.29 is 23.4 Å². The maximum atomic E-state index is 12.7. The number of nitrogens with zero attached hydrogens (tertiary/aromatic N) is 2. The van der Waals surface area contributed by atoms with Gasteiger partial charge in [-0.15, -0.1) is 0 Å². The van der Waals surface area contributed by atoms with Gasteiger partial charge >= 0.3 is 11.6 Å². The molecule has 8 heteroatoms. The second kappa shape index (κ2) is 9.80. The van der Waals surface area contributed by atoms with Crippen molar-refractivity contribution in [2.24, 2.45) is 0 Å². The molecule has 168 valence electrons. The Bertz CT molecular complexity index is 996. The molecule has 0 amide bonds. The first-order valence-electron chi connectivity index (χ1n) is 11.0. The van der Waals surface area contributed by atoms with Crippen molar-refractivity contribution in [3.8, 4) is 5.75 Å². The zero-order chi connectivity index (χ0) is 21.8. The van der Waals surface area contributed by atoms with Gasteiger partial charge in [-0.3, -0.25) is 14.6 Å². The predicted molar refractivity (Wildman–Crippen MR) is 115 cm³/mol. The highest BCUT2D eigenvalue weighted by Crippen LogP contribution is 2.33. The maximum Gasteiger partial charge on any atom is 0.339 e. The number of carbonyl (C=O) groups excluding carboxylic acids is 1. The number of morpholine rings is 1. The van der Waals surface area contributed by atoms with Crippen LogP contribution in [0, 0.1) is 6.92 Å². The average Bonchev–Trinajstić information content (AvgIpc) is 2.78. The Hall–Kier alpha value is -2.42. The third kappa shape index (κ3) is 4.92. The summed E-state index contributed by atoms with van der Waals surface area (Å²) in [6.45, 7) is 10.5. The van der Waals surface area contributed by atoms with Gasteiger partial charge in [-0.1, -0.05) is 0 Å². The quantitative estimate of drug-likeness (QED) is 0.488. The smallest absolute Gasteiger partial charge is 0.339 e. The number of benzene rings is 1. The first kappa shape index (κ1) is 21.8. The van der Waals surface area contributed by atoms with Gasteiger partial charge in [0.05, 0.1) is 25.4 Å². The Labute approximate surface area is 181 Å². The highest BCUT2D eigenvalue weighted by molar-refractivity contribution is 5.86. The minimum Gasteiger partial charge on any atom is -0.478 e. The van der Waals surface area contributed by atoms with Gasteiger partial charge in [-0.05, 0) is 38.0 Å². The van der Waals surface area contributed by atoms with E-state index in [1.807, 2.05) is 19.1 Å². The van der Waals surface area contributed by atoms with Crippen LogP contribution in [0.25, 0.3) is 11.0 Å². The largest absolute Gasteiger partial charge is 0.478 e. The van der Waals surface area contributed by atoms with E-state index >= 15 is 0 Å². The molecule has 1 aromatic carbocycles. The Morgan fingerprint density at radius 2 is 1.94 bits per heavy atom. The summed E-state index contributed by atoms with van der Waals surface area (Å²) >= 11 is 0. The summed E-state index contributed by atoms with van der Waals surface area (Å²) in [6.07, 6.45) is 0.469. The molecular formula is C23H30N2O6. The van der Waals surface area contributed by atoms with E-state index < -0.39 is 5.63 Å². The van der Waals surface area contributed by atoms with Crippen LogP contribution in [-0.4, -0.2) is 68.5 Å². The van der Waals surface area contributed by atoms with Crippen molar-refractivity contribution in [3.05, 3.63) is 39.2 Å². The molecule has 0 atom stereocenters. The molecule has 4 rings (SSSR count). The fourth-order valence-electron chi connectivity index (χ4n) is 4.21. The molecule has 0 radical (unpaired) electrons. The summed E-state index contributed by atoms with van der Waals surface area (Å²) in [5.74, 6) is 0.452. The van der Waals surface area contributed by atoms with E-state index in [-0.39, 0.29) is 12.4 Å². The van der Waals surface area contributed by atoms with Crippen LogP contribution < -0.4 is 10.4 Å². The minimum absolute atomic E-state index is 0.161. The van der Waals surface area contributed by atoms with E-state index in [4.69, 9.17) is 18.6 Å². The summed E-state index contributed by atoms with van der Waals surface area (Å²) in [5, 5.41) is 0.885. The van der Waals surface area contributed by atoms with Gasteiger partial charge in [-0.25, -0.2) is 4.79 Å². The SMILES string of the molecule is CCOC(=O)CCc1c(C)c2ccc3c(c2oc1=O)CN(CCN1CCOCC1)CO3. The summed E-state index contributed by atoms with van der Waals surface area (Å²) in [4.78, 5) is 29.1. The van der Waals surface area contributed by atoms with E-state index in [1.54, 1.807) is 6.92 Å². The highest BCUT2D eigenvalue weighted by Gasteiger charge is 2.24. The zero-order valence-corrected chi connectivity index (χ0v) is 18.3. The first-order chi connectivity index (χ1) is 15.1. The number of rotatable bonds is 7. The molecule has 0 spiro atoms. The molecule has 2 aliphatic heterocycles. The normalized spacial score (nSPS) is 17.4. The molecule has 8 nitrogen and oxygen atoms in total. The van der Waals surface area contributed by atoms with Gasteiger partial charge in [0.25, 0.3) is 0 Å². The lowest BCUT2D eigenvalue weighted by atomic mass is 9.99. The summed E-state index contributed by atoms with van der Waals surface area (Å²) in [6, 6.07) is 3.88. The van der Waals surface area contributed by atoms with Crippen LogP contribution in [0.15, 0.2) is 21.3 Å². The third-order valence-corrected chi connectivity index (χ3v) is 6.02. The number of fused-ring (bicyclic) bond motifs is 3. The fourth-order valence-corrected chi connectivity index (χ4v) is 4.21. The summed E-state index contributed by atoms with van der Waals surface area (Å²) in [7, 11) is 0. The van der Waals surface area contributed by atoms with Gasteiger partial charge in [0, 0.05) is 50.1 Å². The van der Waals surface area contributed by atoms with Crippen molar-refractivity contribution >= 4 is 16.9 Å². The molecule has 3 heterocycles. The summed E-state index contributed by atoms with van der Waals surface area (Å²) in [5.41, 5.74) is 2.47. The lowest BCUT2D eigenvalue weighted by Gasteiger charge is -2.32. The van der Waals surface area contributed by atoms with Crippen molar-refractivity contribution in [1.82, 2.24) is 9.80 Å². The number of hydrogen-bond acceptors (Lipinski definition) is 8. The second-order valence-corrected chi connectivity index (χ2v) is 8.00. The molecule has 0 saturated carbocycles. The Balaban J connectivity index is 1.53. The number of carbonyl (C=O) groups is 1. The zero-order valence-electron chi connectivity index (χ0n) is 18.3. The van der Waals surface area contributed by atoms with Crippen molar-refractivity contribution in [2.45, 2.75) is 33.2 Å². The molecule has 1 fully saturated rings. The summed E-state index contributed by atoms with van der Waals surface area (Å²) < 4.78 is 22.1. The van der Waals surface area contributed by atoms with Crippen molar-refractivity contribution in [1.29, 1.82) is 0 Å². The molecule has 1 saturated heterocycles. The van der Waals surface area contributed by atoms with Crippen LogP contribution in [0.5, 0.6) is 5.75 Å². The van der Waals surface area contributed by atoms with E-state index in [2.05, 4.69) is 9.80 Å². The first-order valence-corrected chi connectivity index (χ1v) is 11.0. The van der Waals surface area contributed by atoms with Crippen molar-refractivity contribution in [3.63, 3.8) is 0 Å². The Morgan fingerprint density at radius 1 is 1.16 bits per heavy atom. The molecule has 31 heavy (non-hydrogen) atoms. The lowest BCUT2D eigenvalue weighted by molar-refractivity contribution is -0.143. The van der Waals surface area contributed by atoms with E-state index in [9.17, 15) is 9.59 Å². The molecule has 1 aromatic heterocycles. The molecule has 0 unspecified atom stereocenters. The average molecular weight is 431 g/mol. The Morgan fingerprint density at radius 3 is 2.71 bits per heavy atom. The van der Waals surface area contributed by atoms with Crippen molar-refractivity contribution in [2.75, 3.05) is 52.7 Å². The fraction of sp³-hybridized carbons (Fsp3) is 0.565. The maximum absolute atomic E-state index is 12.7. The molecule has 2 aromatic rings. The number of aryl methyl sites for hydroxylation is 1. The van der Waals surface area contributed by atoms with Crippen LogP contribution in [0.3, 0.4) is 0 Å². The van der Waals surface area contributed by atoms with Crippen LogP contribution in [0.2, 0.25) is 0 Å². The highest BCUT2D eigenvalue weighted by atomic mass is 16.5. The van der Waals surface area contributed by atoms with E-state index in [1.165, 1.54) is 0 Å². The Kier molecular flexibility index (Phi) is 6.89. The second-order valence-electron chi connectivity index (χ2n) is 8.00. The number of ether oxygens (including phenoxy) is 3. The van der Waals surface area contributed by atoms with Crippen LogP contribution >= 0.6 is 0 Å². The molecule has 0 N–H and O–H groups in total. The van der Waals surface area contributed by atoms with E-state index in [0.29, 0.717) is 37.4 Å². The predicted octanol–water partition coefficient (Wildman–Crippen LogP) is 2.08. The minimum atomic E-state index is -0.395. The molecule has 0 aliphatic carbocycles. The lowest BCUT2D eigenvalue weighted by Crippen LogP contribution is -2.43. The van der Waals surface area contributed by atoms with Gasteiger partial charge in [-0.2, -0.15) is 0 Å². The topological polar surface area (TPSA) is 81.5 Å². The van der Waals surface area contributed by atoms with Crippen LogP contribution in [0.1, 0.15) is 30.0 Å². The van der Waals surface area contributed by atoms with Gasteiger partial charge in [0.2, 0.25) is 0 Å². The van der Waals surface area contributed by atoms with E-state index in [0.717, 1.165) is 61.7 Å². The number of hydrogen-bond donors (Lipinski definition) is 0. The van der Waals surface area contributed by atoms with Gasteiger partial charge in [0.1, 0.15) is 18.1 Å². The van der Waals surface area contributed by atoms with Crippen LogP contribution in [0.4, 0.5) is 0 Å².